The van der Waals surface area contributed by atoms with Crippen LogP contribution in [0.25, 0.3) is 18.2 Å². The lowest BCUT2D eigenvalue weighted by atomic mass is 9.87. The van der Waals surface area contributed by atoms with E-state index in [1.165, 1.54) is 22.3 Å². The second kappa shape index (κ2) is 8.53. The van der Waals surface area contributed by atoms with Crippen LogP contribution in [0, 0.1) is 6.92 Å². The third-order valence-electron chi connectivity index (χ3n) is 3.60. The van der Waals surface area contributed by atoms with E-state index in [1.54, 1.807) is 0 Å². The minimum atomic E-state index is 0.206. The smallest absolute Gasteiger partial charge is 0.0132 e. The van der Waals surface area contributed by atoms with Crippen molar-refractivity contribution in [3.05, 3.63) is 76.9 Å². The molecule has 0 bridgehead atoms. The molecule has 2 aromatic carbocycles. The van der Waals surface area contributed by atoms with Crippen LogP contribution in [0.15, 0.2) is 49.0 Å². The molecule has 0 spiro atoms. The molecule has 0 atom stereocenters. The van der Waals surface area contributed by atoms with Gasteiger partial charge in [-0.05, 0) is 46.2 Å². The summed E-state index contributed by atoms with van der Waals surface area (Å²) in [6.45, 7) is 16.7. The number of hydrogen-bond acceptors (Lipinski definition) is 0. The van der Waals surface area contributed by atoms with Crippen LogP contribution < -0.4 is 0 Å². The molecule has 0 aliphatic rings. The van der Waals surface area contributed by atoms with Gasteiger partial charge >= 0.3 is 0 Å². The molecule has 2 aromatic rings. The summed E-state index contributed by atoms with van der Waals surface area (Å²) in [5.41, 5.74) is 6.43. The Hall–Kier alpha value is -2.08. The van der Waals surface area contributed by atoms with E-state index >= 15 is 0 Å². The van der Waals surface area contributed by atoms with Crippen LogP contribution in [-0.4, -0.2) is 0 Å². The van der Waals surface area contributed by atoms with Crippen molar-refractivity contribution in [2.45, 2.75) is 47.0 Å². The lowest BCUT2D eigenvalue weighted by Gasteiger charge is -2.18. The molecule has 0 amide bonds. The van der Waals surface area contributed by atoms with Crippen LogP contribution in [0.5, 0.6) is 0 Å². The molecule has 0 heterocycles. The summed E-state index contributed by atoms with van der Waals surface area (Å²) in [7, 11) is 0. The predicted molar refractivity (Wildman–Crippen MR) is 107 cm³/mol. The first-order valence-electron chi connectivity index (χ1n) is 8.41. The van der Waals surface area contributed by atoms with Crippen LogP contribution in [0.1, 0.15) is 62.4 Å². The van der Waals surface area contributed by atoms with Gasteiger partial charge in [0.1, 0.15) is 0 Å². The molecule has 2 rings (SSSR count). The number of hydrogen-bond donors (Lipinski definition) is 0. The van der Waals surface area contributed by atoms with E-state index in [-0.39, 0.29) is 5.41 Å². The average Bonchev–Trinajstić information content (AvgIpc) is 2.54. The van der Waals surface area contributed by atoms with Crippen molar-refractivity contribution >= 4 is 18.2 Å². The average molecular weight is 306 g/mol. The lowest BCUT2D eigenvalue weighted by molar-refractivity contribution is 0.590. The quantitative estimate of drug-likeness (QED) is 0.529. The summed E-state index contributed by atoms with van der Waals surface area (Å²) in [6, 6.07) is 15.3. The third kappa shape index (κ3) is 5.90. The standard InChI is InChI=1S/C21H24.C2H6/c1-6-17-13-16(2)14-19(15-17)8-7-18-9-11-20(12-10-18)21(3,4)5;1-2/h6-15H,1H2,2-5H3;1-2H3/b8-7+;. The molecule has 0 aliphatic heterocycles. The molecular weight excluding hydrogens is 276 g/mol. The van der Waals surface area contributed by atoms with Crippen molar-refractivity contribution in [2.24, 2.45) is 0 Å². The highest BCUT2D eigenvalue weighted by Gasteiger charge is 2.12. The minimum Gasteiger partial charge on any atom is -0.0985 e. The topological polar surface area (TPSA) is 0 Å². The Morgan fingerprint density at radius 1 is 0.783 bits per heavy atom. The van der Waals surface area contributed by atoms with Gasteiger partial charge < -0.3 is 0 Å². The second-order valence-corrected chi connectivity index (χ2v) is 6.59. The largest absolute Gasteiger partial charge is 0.0985 e. The van der Waals surface area contributed by atoms with Gasteiger partial charge in [0.2, 0.25) is 0 Å². The zero-order valence-electron chi connectivity index (χ0n) is 15.5. The fraction of sp³-hybridized carbons (Fsp3) is 0.304. The van der Waals surface area contributed by atoms with Gasteiger partial charge in [-0.25, -0.2) is 0 Å². The molecule has 0 aromatic heterocycles. The van der Waals surface area contributed by atoms with E-state index in [1.807, 2.05) is 19.9 Å². The molecule has 0 N–H and O–H groups in total. The number of rotatable bonds is 3. The maximum absolute atomic E-state index is 3.84. The highest BCUT2D eigenvalue weighted by Crippen LogP contribution is 2.23. The first-order chi connectivity index (χ1) is 10.9. The summed E-state index contributed by atoms with van der Waals surface area (Å²) in [6.07, 6.45) is 6.21. The highest BCUT2D eigenvalue weighted by molar-refractivity contribution is 5.71. The summed E-state index contributed by atoms with van der Waals surface area (Å²) in [5, 5.41) is 0. The summed E-state index contributed by atoms with van der Waals surface area (Å²) in [5.74, 6) is 0. The molecular formula is C23H30. The molecule has 0 aliphatic carbocycles. The zero-order valence-corrected chi connectivity index (χ0v) is 15.5. The normalized spacial score (nSPS) is 11.0. The van der Waals surface area contributed by atoms with E-state index in [0.29, 0.717) is 0 Å². The van der Waals surface area contributed by atoms with Crippen LogP contribution >= 0.6 is 0 Å². The van der Waals surface area contributed by atoms with E-state index in [4.69, 9.17) is 0 Å². The van der Waals surface area contributed by atoms with E-state index in [2.05, 4.69) is 88.9 Å². The van der Waals surface area contributed by atoms with Gasteiger partial charge in [-0.2, -0.15) is 0 Å². The Morgan fingerprint density at radius 3 is 1.83 bits per heavy atom. The first kappa shape index (κ1) is 19.0. The van der Waals surface area contributed by atoms with Crippen LogP contribution in [0.2, 0.25) is 0 Å². The number of benzene rings is 2. The van der Waals surface area contributed by atoms with Crippen molar-refractivity contribution in [1.29, 1.82) is 0 Å². The maximum Gasteiger partial charge on any atom is -0.0132 e. The Labute approximate surface area is 142 Å². The Morgan fingerprint density at radius 2 is 1.30 bits per heavy atom. The van der Waals surface area contributed by atoms with Gasteiger partial charge in [0, 0.05) is 0 Å². The van der Waals surface area contributed by atoms with Crippen LogP contribution in [-0.2, 0) is 5.41 Å². The Balaban J connectivity index is 0.00000127. The molecule has 0 nitrogen and oxygen atoms in total. The van der Waals surface area contributed by atoms with Crippen molar-refractivity contribution < 1.29 is 0 Å². The molecule has 0 radical (unpaired) electrons. The zero-order chi connectivity index (χ0) is 17.5. The van der Waals surface area contributed by atoms with Crippen molar-refractivity contribution in [1.82, 2.24) is 0 Å². The van der Waals surface area contributed by atoms with Crippen molar-refractivity contribution in [3.8, 4) is 0 Å². The second-order valence-electron chi connectivity index (χ2n) is 6.59. The molecule has 0 unspecified atom stereocenters. The molecule has 0 saturated heterocycles. The summed E-state index contributed by atoms with van der Waals surface area (Å²) < 4.78 is 0. The van der Waals surface area contributed by atoms with Gasteiger partial charge in [0.05, 0.1) is 0 Å². The third-order valence-corrected chi connectivity index (χ3v) is 3.60. The van der Waals surface area contributed by atoms with Crippen LogP contribution in [0.3, 0.4) is 0 Å². The fourth-order valence-corrected chi connectivity index (χ4v) is 2.34. The van der Waals surface area contributed by atoms with Gasteiger partial charge in [0.25, 0.3) is 0 Å². The lowest BCUT2D eigenvalue weighted by Crippen LogP contribution is -2.10. The van der Waals surface area contributed by atoms with Crippen molar-refractivity contribution in [3.63, 3.8) is 0 Å². The highest BCUT2D eigenvalue weighted by atomic mass is 14.2. The summed E-state index contributed by atoms with van der Waals surface area (Å²) >= 11 is 0. The molecule has 23 heavy (non-hydrogen) atoms. The molecule has 0 saturated carbocycles. The monoisotopic (exact) mass is 306 g/mol. The van der Waals surface area contributed by atoms with Gasteiger partial charge in [-0.15, -0.1) is 0 Å². The van der Waals surface area contributed by atoms with Crippen molar-refractivity contribution in [2.75, 3.05) is 0 Å². The predicted octanol–water partition coefficient (Wildman–Crippen LogP) is 7.13. The van der Waals surface area contributed by atoms with Gasteiger partial charge in [0.15, 0.2) is 0 Å². The number of aryl methyl sites for hydroxylation is 1. The Kier molecular flexibility index (Phi) is 7.03. The SMILES string of the molecule is C=Cc1cc(C)cc(/C=C/c2ccc(C(C)(C)C)cc2)c1.CC. The summed E-state index contributed by atoms with van der Waals surface area (Å²) in [4.78, 5) is 0. The molecule has 122 valence electrons. The van der Waals surface area contributed by atoms with Gasteiger partial charge in [-0.1, -0.05) is 95.8 Å². The maximum atomic E-state index is 3.84. The van der Waals surface area contributed by atoms with E-state index < -0.39 is 0 Å². The fourth-order valence-electron chi connectivity index (χ4n) is 2.34. The van der Waals surface area contributed by atoms with E-state index in [0.717, 1.165) is 5.56 Å². The molecule has 0 fully saturated rings. The van der Waals surface area contributed by atoms with E-state index in [9.17, 15) is 0 Å². The first-order valence-corrected chi connectivity index (χ1v) is 8.41. The Bertz CT molecular complexity index is 649. The van der Waals surface area contributed by atoms with Crippen LogP contribution in [0.4, 0.5) is 0 Å². The molecule has 0 heteroatoms. The van der Waals surface area contributed by atoms with Gasteiger partial charge in [-0.3, -0.25) is 0 Å². The minimum absolute atomic E-state index is 0.206.